The van der Waals surface area contributed by atoms with E-state index in [4.69, 9.17) is 16.3 Å². The monoisotopic (exact) mass is 160 g/mol. The number of halogens is 1. The Morgan fingerprint density at radius 2 is 2.40 bits per heavy atom. The highest BCUT2D eigenvalue weighted by Crippen LogP contribution is 2.19. The molecule has 1 saturated heterocycles. The van der Waals surface area contributed by atoms with Crippen LogP contribution in [0.3, 0.4) is 0 Å². The van der Waals surface area contributed by atoms with E-state index < -0.39 is 0 Å². The highest BCUT2D eigenvalue weighted by atomic mass is 35.5. The molecule has 2 atom stereocenters. The molecule has 0 aromatic rings. The zero-order valence-corrected chi connectivity index (χ0v) is 6.97. The van der Waals surface area contributed by atoms with E-state index in [1.54, 1.807) is 0 Å². The molecule has 2 unspecified atom stereocenters. The first-order chi connectivity index (χ1) is 4.84. The molecule has 1 fully saturated rings. The Bertz CT molecular complexity index is 122. The highest BCUT2D eigenvalue weighted by molar-refractivity contribution is 6.21. The lowest BCUT2D eigenvalue weighted by atomic mass is 10.1. The fourth-order valence-corrected chi connectivity index (χ4v) is 1.44. The Hall–Kier alpha value is -0.0100. The smallest absolute Gasteiger partial charge is 0.0919 e. The molecule has 0 spiro atoms. The van der Waals surface area contributed by atoms with Crippen molar-refractivity contribution in [1.82, 2.24) is 0 Å². The second-order valence-electron chi connectivity index (χ2n) is 2.52. The average Bonchev–Trinajstić information content (AvgIpc) is 1.94. The molecule has 0 bridgehead atoms. The molecule has 0 aromatic carbocycles. The van der Waals surface area contributed by atoms with E-state index in [1.165, 1.54) is 0 Å². The lowest BCUT2D eigenvalue weighted by Gasteiger charge is -2.24. The van der Waals surface area contributed by atoms with Gasteiger partial charge in [0.25, 0.3) is 0 Å². The lowest BCUT2D eigenvalue weighted by molar-refractivity contribution is 0.0498. The minimum Gasteiger partial charge on any atom is -0.373 e. The third kappa shape index (κ3) is 1.99. The Morgan fingerprint density at radius 1 is 1.60 bits per heavy atom. The molecule has 1 heterocycles. The molecule has 2 heteroatoms. The maximum atomic E-state index is 5.99. The van der Waals surface area contributed by atoms with Crippen LogP contribution in [0.2, 0.25) is 0 Å². The Labute approximate surface area is 67.0 Å². The van der Waals surface area contributed by atoms with E-state index in [0.717, 1.165) is 19.4 Å². The van der Waals surface area contributed by atoms with Gasteiger partial charge < -0.3 is 4.74 Å². The molecule has 1 aliphatic heterocycles. The first-order valence-electron chi connectivity index (χ1n) is 3.73. The summed E-state index contributed by atoms with van der Waals surface area (Å²) in [6.45, 7) is 2.85. The van der Waals surface area contributed by atoms with Gasteiger partial charge in [-0.3, -0.25) is 0 Å². The third-order valence-electron chi connectivity index (χ3n) is 1.67. The van der Waals surface area contributed by atoms with Crippen LogP contribution in [0.25, 0.3) is 0 Å². The molecular weight excluding hydrogens is 148 g/mol. The summed E-state index contributed by atoms with van der Waals surface area (Å²) < 4.78 is 5.41. The first kappa shape index (κ1) is 8.09. The number of allylic oxidation sites excluding steroid dienone is 1. The number of hydrogen-bond donors (Lipinski definition) is 0. The van der Waals surface area contributed by atoms with Crippen molar-refractivity contribution in [2.75, 3.05) is 6.61 Å². The zero-order chi connectivity index (χ0) is 7.40. The second kappa shape index (κ2) is 3.99. The van der Waals surface area contributed by atoms with Gasteiger partial charge in [-0.2, -0.15) is 0 Å². The van der Waals surface area contributed by atoms with E-state index in [2.05, 4.69) is 0 Å². The van der Waals surface area contributed by atoms with Crippen molar-refractivity contribution in [3.8, 4) is 0 Å². The molecule has 1 nitrogen and oxygen atoms in total. The molecular formula is C8H13ClO. The van der Waals surface area contributed by atoms with Gasteiger partial charge in [0.1, 0.15) is 0 Å². The van der Waals surface area contributed by atoms with Crippen LogP contribution in [0.4, 0.5) is 0 Å². The summed E-state index contributed by atoms with van der Waals surface area (Å²) >= 11 is 5.99. The van der Waals surface area contributed by atoms with E-state index in [1.807, 2.05) is 19.1 Å². The number of ether oxygens (including phenoxy) is 1. The Morgan fingerprint density at radius 3 is 3.00 bits per heavy atom. The van der Waals surface area contributed by atoms with Crippen LogP contribution in [0.15, 0.2) is 12.2 Å². The van der Waals surface area contributed by atoms with Gasteiger partial charge in [-0.1, -0.05) is 12.2 Å². The van der Waals surface area contributed by atoms with Crippen LogP contribution in [-0.4, -0.2) is 18.1 Å². The minimum absolute atomic E-state index is 0.153. The fraction of sp³-hybridized carbons (Fsp3) is 0.750. The number of hydrogen-bond acceptors (Lipinski definition) is 1. The summed E-state index contributed by atoms with van der Waals surface area (Å²) in [4.78, 5) is 0. The zero-order valence-electron chi connectivity index (χ0n) is 6.22. The molecule has 0 aromatic heterocycles. The topological polar surface area (TPSA) is 9.23 Å². The van der Waals surface area contributed by atoms with Crippen LogP contribution in [-0.2, 0) is 4.74 Å². The Kier molecular flexibility index (Phi) is 3.23. The first-order valence-corrected chi connectivity index (χ1v) is 4.16. The lowest BCUT2D eigenvalue weighted by Crippen LogP contribution is -2.28. The van der Waals surface area contributed by atoms with Crippen molar-refractivity contribution in [2.24, 2.45) is 0 Å². The number of rotatable bonds is 1. The van der Waals surface area contributed by atoms with Crippen molar-refractivity contribution in [2.45, 2.75) is 31.2 Å². The van der Waals surface area contributed by atoms with E-state index in [0.29, 0.717) is 0 Å². The molecule has 0 N–H and O–H groups in total. The summed E-state index contributed by atoms with van der Waals surface area (Å²) in [5, 5.41) is 0.185. The molecule has 10 heavy (non-hydrogen) atoms. The highest BCUT2D eigenvalue weighted by Gasteiger charge is 2.20. The van der Waals surface area contributed by atoms with E-state index in [9.17, 15) is 0 Å². The summed E-state index contributed by atoms with van der Waals surface area (Å²) in [5.41, 5.74) is 0. The standard InChI is InChI=1S/C8H13ClO/c1-2-4-8-7(9)5-3-6-10-8/h2,4,7-8H,3,5-6H2,1H3/b4-2+. The van der Waals surface area contributed by atoms with Crippen LogP contribution in [0.1, 0.15) is 19.8 Å². The average molecular weight is 161 g/mol. The quantitative estimate of drug-likeness (QED) is 0.423. The molecule has 58 valence electrons. The maximum Gasteiger partial charge on any atom is 0.0919 e. The van der Waals surface area contributed by atoms with Crippen molar-refractivity contribution in [3.63, 3.8) is 0 Å². The van der Waals surface area contributed by atoms with Crippen LogP contribution in [0, 0.1) is 0 Å². The van der Waals surface area contributed by atoms with Gasteiger partial charge in [0.15, 0.2) is 0 Å². The summed E-state index contributed by atoms with van der Waals surface area (Å²) in [5.74, 6) is 0. The third-order valence-corrected chi connectivity index (χ3v) is 2.14. The SMILES string of the molecule is C/C=C/C1OCCCC1Cl. The van der Waals surface area contributed by atoms with Crippen molar-refractivity contribution >= 4 is 11.6 Å². The minimum atomic E-state index is 0.153. The molecule has 1 rings (SSSR count). The van der Waals surface area contributed by atoms with Gasteiger partial charge >= 0.3 is 0 Å². The van der Waals surface area contributed by atoms with Crippen LogP contribution >= 0.6 is 11.6 Å². The van der Waals surface area contributed by atoms with Gasteiger partial charge in [0.2, 0.25) is 0 Å². The normalized spacial score (nSPS) is 35.0. The van der Waals surface area contributed by atoms with Crippen molar-refractivity contribution in [3.05, 3.63) is 12.2 Å². The van der Waals surface area contributed by atoms with Gasteiger partial charge in [-0.25, -0.2) is 0 Å². The predicted molar refractivity (Wildman–Crippen MR) is 43.4 cm³/mol. The van der Waals surface area contributed by atoms with Gasteiger partial charge in [0, 0.05) is 6.61 Å². The molecule has 0 saturated carbocycles. The van der Waals surface area contributed by atoms with Gasteiger partial charge in [0.05, 0.1) is 11.5 Å². The maximum absolute atomic E-state index is 5.99. The second-order valence-corrected chi connectivity index (χ2v) is 3.08. The van der Waals surface area contributed by atoms with Crippen molar-refractivity contribution in [1.29, 1.82) is 0 Å². The summed E-state index contributed by atoms with van der Waals surface area (Å²) in [6.07, 6.45) is 6.35. The van der Waals surface area contributed by atoms with Crippen LogP contribution in [0.5, 0.6) is 0 Å². The predicted octanol–water partition coefficient (Wildman–Crippen LogP) is 2.35. The summed E-state index contributed by atoms with van der Waals surface area (Å²) in [6, 6.07) is 0. The van der Waals surface area contributed by atoms with Gasteiger partial charge in [-0.05, 0) is 19.8 Å². The largest absolute Gasteiger partial charge is 0.373 e. The van der Waals surface area contributed by atoms with Crippen LogP contribution < -0.4 is 0 Å². The summed E-state index contributed by atoms with van der Waals surface area (Å²) in [7, 11) is 0. The molecule has 0 aliphatic carbocycles. The fourth-order valence-electron chi connectivity index (χ4n) is 1.13. The van der Waals surface area contributed by atoms with E-state index >= 15 is 0 Å². The van der Waals surface area contributed by atoms with Gasteiger partial charge in [-0.15, -0.1) is 11.6 Å². The molecule has 0 radical (unpaired) electrons. The molecule has 0 amide bonds. The number of alkyl halides is 1. The van der Waals surface area contributed by atoms with Crippen molar-refractivity contribution < 1.29 is 4.74 Å². The molecule has 1 aliphatic rings. The Balaban J connectivity index is 2.39. The van der Waals surface area contributed by atoms with E-state index in [-0.39, 0.29) is 11.5 Å².